The maximum Gasteiger partial charge on any atom is 0.328 e. The van der Waals surface area contributed by atoms with E-state index < -0.39 is 0 Å². The van der Waals surface area contributed by atoms with Gasteiger partial charge in [-0.15, -0.1) is 0 Å². The number of hydrogen-bond donors (Lipinski definition) is 2. The number of rotatable bonds is 9. The molecule has 28 heavy (non-hydrogen) atoms. The van der Waals surface area contributed by atoms with Crippen molar-refractivity contribution in [3.8, 4) is 11.9 Å². The molecule has 0 aliphatic heterocycles. The van der Waals surface area contributed by atoms with E-state index in [-0.39, 0.29) is 24.1 Å². The van der Waals surface area contributed by atoms with E-state index in [1.54, 1.807) is 12.3 Å². The predicted octanol–water partition coefficient (Wildman–Crippen LogP) is 0.874. The van der Waals surface area contributed by atoms with Gasteiger partial charge in [0.2, 0.25) is 5.88 Å². The average Bonchev–Trinajstić information content (AvgIpc) is 2.97. The molecule has 3 rings (SSSR count). The first-order valence-electron chi connectivity index (χ1n) is 9.09. The molecule has 0 unspecified atom stereocenters. The lowest BCUT2D eigenvalue weighted by molar-refractivity contribution is 0.254. The molecule has 0 saturated heterocycles. The summed E-state index contributed by atoms with van der Waals surface area (Å²) in [5.74, 6) is 0.716. The number of hydrogen-bond acceptors (Lipinski definition) is 8. The molecule has 3 aromatic heterocycles. The molecule has 150 valence electrons. The summed E-state index contributed by atoms with van der Waals surface area (Å²) in [4.78, 5) is 29.8. The van der Waals surface area contributed by atoms with E-state index in [9.17, 15) is 4.79 Å². The molecule has 10 nitrogen and oxygen atoms in total. The Morgan fingerprint density at radius 1 is 1.21 bits per heavy atom. The molecule has 10 heteroatoms. The molecule has 0 amide bonds. The van der Waals surface area contributed by atoms with Crippen molar-refractivity contribution in [1.29, 1.82) is 0 Å². The SMILES string of the molecule is CCCOc1nc(N)c2[nH]c(=O)n(Cc3ccc(OCCN(C)C)nc3)c2n1. The smallest absolute Gasteiger partial charge is 0.328 e. The van der Waals surface area contributed by atoms with E-state index in [2.05, 4.69) is 19.9 Å². The number of fused-ring (bicyclic) bond motifs is 1. The molecule has 3 N–H and O–H groups in total. The lowest BCUT2D eigenvalue weighted by atomic mass is 10.3. The van der Waals surface area contributed by atoms with E-state index >= 15 is 0 Å². The highest BCUT2D eigenvalue weighted by atomic mass is 16.5. The minimum Gasteiger partial charge on any atom is -0.476 e. The molecule has 0 spiro atoms. The first-order valence-corrected chi connectivity index (χ1v) is 9.09. The summed E-state index contributed by atoms with van der Waals surface area (Å²) >= 11 is 0. The molecular weight excluding hydrogens is 362 g/mol. The molecule has 0 radical (unpaired) electrons. The van der Waals surface area contributed by atoms with Crippen LogP contribution in [0.1, 0.15) is 18.9 Å². The van der Waals surface area contributed by atoms with E-state index in [1.807, 2.05) is 32.0 Å². The van der Waals surface area contributed by atoms with Crippen molar-refractivity contribution in [2.75, 3.05) is 39.6 Å². The first kappa shape index (κ1) is 19.6. The van der Waals surface area contributed by atoms with E-state index in [0.717, 1.165) is 18.5 Å². The van der Waals surface area contributed by atoms with Gasteiger partial charge < -0.3 is 25.1 Å². The number of nitrogens with two attached hydrogens (primary N) is 1. The zero-order valence-corrected chi connectivity index (χ0v) is 16.3. The summed E-state index contributed by atoms with van der Waals surface area (Å²) in [7, 11) is 3.96. The largest absolute Gasteiger partial charge is 0.476 e. The quantitative estimate of drug-likeness (QED) is 0.554. The van der Waals surface area contributed by atoms with Crippen LogP contribution in [0.25, 0.3) is 11.2 Å². The molecule has 0 aromatic carbocycles. The summed E-state index contributed by atoms with van der Waals surface area (Å²) in [6.45, 7) is 4.09. The van der Waals surface area contributed by atoms with E-state index in [4.69, 9.17) is 15.2 Å². The number of imidazole rings is 1. The van der Waals surface area contributed by atoms with Gasteiger partial charge in [0.25, 0.3) is 0 Å². The number of H-pyrrole nitrogens is 1. The molecule has 0 bridgehead atoms. The van der Waals surface area contributed by atoms with Crippen LogP contribution in [-0.4, -0.2) is 63.3 Å². The van der Waals surface area contributed by atoms with Crippen LogP contribution in [0.3, 0.4) is 0 Å². The molecule has 0 aliphatic carbocycles. The van der Waals surface area contributed by atoms with Crippen LogP contribution >= 0.6 is 0 Å². The van der Waals surface area contributed by atoms with Crippen molar-refractivity contribution < 1.29 is 9.47 Å². The molecule has 0 aliphatic rings. The fraction of sp³-hybridized carbons (Fsp3) is 0.444. The van der Waals surface area contributed by atoms with Crippen LogP contribution in [0.4, 0.5) is 5.82 Å². The number of aromatic amines is 1. The highest BCUT2D eigenvalue weighted by molar-refractivity contribution is 5.81. The second-order valence-electron chi connectivity index (χ2n) is 6.61. The Morgan fingerprint density at radius 2 is 2.04 bits per heavy atom. The van der Waals surface area contributed by atoms with E-state index in [0.29, 0.717) is 30.3 Å². The van der Waals surface area contributed by atoms with Gasteiger partial charge in [0, 0.05) is 18.8 Å². The zero-order chi connectivity index (χ0) is 20.1. The van der Waals surface area contributed by atoms with Crippen molar-refractivity contribution in [3.05, 3.63) is 34.4 Å². The fourth-order valence-electron chi connectivity index (χ4n) is 2.54. The molecule has 0 fully saturated rings. The van der Waals surface area contributed by atoms with Gasteiger partial charge >= 0.3 is 11.7 Å². The summed E-state index contributed by atoms with van der Waals surface area (Å²) in [6.07, 6.45) is 2.49. The molecular formula is C18H25N7O3. The molecule has 0 saturated carbocycles. The van der Waals surface area contributed by atoms with Gasteiger partial charge in [-0.05, 0) is 26.1 Å². The van der Waals surface area contributed by atoms with Gasteiger partial charge in [-0.25, -0.2) is 9.78 Å². The lowest BCUT2D eigenvalue weighted by Gasteiger charge is -2.10. The normalized spacial score (nSPS) is 11.3. The second-order valence-corrected chi connectivity index (χ2v) is 6.61. The van der Waals surface area contributed by atoms with Crippen molar-refractivity contribution in [2.24, 2.45) is 0 Å². The highest BCUT2D eigenvalue weighted by Crippen LogP contribution is 2.19. The Bertz CT molecular complexity index is 979. The minimum absolute atomic E-state index is 0.155. The Morgan fingerprint density at radius 3 is 2.71 bits per heavy atom. The fourth-order valence-corrected chi connectivity index (χ4v) is 2.54. The first-order chi connectivity index (χ1) is 13.5. The Balaban J connectivity index is 1.80. The van der Waals surface area contributed by atoms with Gasteiger partial charge in [0.1, 0.15) is 12.1 Å². The van der Waals surface area contributed by atoms with Crippen molar-refractivity contribution in [2.45, 2.75) is 19.9 Å². The number of nitrogens with one attached hydrogen (secondary N) is 1. The third-order valence-electron chi connectivity index (χ3n) is 3.99. The van der Waals surface area contributed by atoms with Gasteiger partial charge in [-0.1, -0.05) is 13.0 Å². The van der Waals surface area contributed by atoms with Crippen LogP contribution in [0.5, 0.6) is 11.9 Å². The van der Waals surface area contributed by atoms with Crippen molar-refractivity contribution >= 4 is 17.0 Å². The standard InChI is InChI=1S/C18H25N7O3/c1-4-8-28-17-22-15(19)14-16(23-17)25(18(26)21-14)11-12-5-6-13(20-10-12)27-9-7-24(2)3/h5-6,10H,4,7-9,11H2,1-3H3,(H,21,26)(H2,19,22,23). The topological polar surface area (TPSA) is 124 Å². The zero-order valence-electron chi connectivity index (χ0n) is 16.3. The number of pyridine rings is 1. The van der Waals surface area contributed by atoms with Crippen LogP contribution in [0, 0.1) is 0 Å². The van der Waals surface area contributed by atoms with Gasteiger partial charge in [0.05, 0.1) is 13.2 Å². The van der Waals surface area contributed by atoms with Crippen LogP contribution < -0.4 is 20.9 Å². The number of anilines is 1. The van der Waals surface area contributed by atoms with Crippen LogP contribution in [-0.2, 0) is 6.54 Å². The Kier molecular flexibility index (Phi) is 6.09. The summed E-state index contributed by atoms with van der Waals surface area (Å²) < 4.78 is 12.5. The highest BCUT2D eigenvalue weighted by Gasteiger charge is 2.15. The van der Waals surface area contributed by atoms with Crippen molar-refractivity contribution in [1.82, 2.24) is 29.4 Å². The van der Waals surface area contributed by atoms with Gasteiger partial charge in [-0.2, -0.15) is 9.97 Å². The average molecular weight is 387 g/mol. The Hall–Kier alpha value is -3.14. The van der Waals surface area contributed by atoms with Crippen LogP contribution in [0.2, 0.25) is 0 Å². The number of nitrogens with zero attached hydrogens (tertiary/aromatic N) is 5. The molecule has 3 heterocycles. The van der Waals surface area contributed by atoms with Crippen molar-refractivity contribution in [3.63, 3.8) is 0 Å². The number of aromatic nitrogens is 5. The van der Waals surface area contributed by atoms with Gasteiger partial charge in [-0.3, -0.25) is 4.57 Å². The number of likely N-dealkylation sites (N-methyl/N-ethyl adjacent to an activating group) is 1. The monoisotopic (exact) mass is 387 g/mol. The Labute approximate surface area is 162 Å². The maximum absolute atomic E-state index is 12.4. The number of nitrogen functional groups attached to an aromatic ring is 1. The summed E-state index contributed by atoms with van der Waals surface area (Å²) in [5.41, 5.74) is 7.24. The lowest BCUT2D eigenvalue weighted by Crippen LogP contribution is -2.20. The maximum atomic E-state index is 12.4. The molecule has 0 atom stereocenters. The van der Waals surface area contributed by atoms with Crippen LogP contribution in [0.15, 0.2) is 23.1 Å². The molecule has 3 aromatic rings. The third-order valence-corrected chi connectivity index (χ3v) is 3.99. The second kappa shape index (κ2) is 8.70. The summed E-state index contributed by atoms with van der Waals surface area (Å²) in [6, 6.07) is 3.80. The van der Waals surface area contributed by atoms with Gasteiger partial charge in [0.15, 0.2) is 11.5 Å². The third kappa shape index (κ3) is 4.58. The summed E-state index contributed by atoms with van der Waals surface area (Å²) in [5, 5.41) is 0. The predicted molar refractivity (Wildman–Crippen MR) is 106 cm³/mol. The van der Waals surface area contributed by atoms with E-state index in [1.165, 1.54) is 4.57 Å². The number of ether oxygens (including phenoxy) is 2. The minimum atomic E-state index is -0.324.